The van der Waals surface area contributed by atoms with Crippen molar-refractivity contribution in [2.24, 2.45) is 5.92 Å². The average molecular weight is 405 g/mol. The van der Waals surface area contributed by atoms with E-state index in [4.69, 9.17) is 0 Å². The fourth-order valence-corrected chi connectivity index (χ4v) is 4.12. The van der Waals surface area contributed by atoms with Gasteiger partial charge in [-0.05, 0) is 55.2 Å². The highest BCUT2D eigenvalue weighted by atomic mass is 16.2. The van der Waals surface area contributed by atoms with Crippen LogP contribution in [0.4, 0.5) is 17.1 Å². The van der Waals surface area contributed by atoms with E-state index in [2.05, 4.69) is 12.2 Å². The maximum absolute atomic E-state index is 12.8. The Bertz CT molecular complexity index is 954. The summed E-state index contributed by atoms with van der Waals surface area (Å²) in [7, 11) is 0. The number of hydrogen-bond acceptors (Lipinski definition) is 3. The minimum absolute atomic E-state index is 0.0351. The van der Waals surface area contributed by atoms with Crippen LogP contribution in [0.15, 0.2) is 48.5 Å². The summed E-state index contributed by atoms with van der Waals surface area (Å²) in [5.41, 5.74) is 3.50. The van der Waals surface area contributed by atoms with Gasteiger partial charge in [0, 0.05) is 43.0 Å². The number of carbonyl (C=O) groups excluding carboxylic acids is 3. The van der Waals surface area contributed by atoms with Crippen LogP contribution in [-0.4, -0.2) is 30.8 Å². The van der Waals surface area contributed by atoms with Gasteiger partial charge in [-0.2, -0.15) is 0 Å². The summed E-state index contributed by atoms with van der Waals surface area (Å²) < 4.78 is 0. The summed E-state index contributed by atoms with van der Waals surface area (Å²) >= 11 is 0. The van der Waals surface area contributed by atoms with Crippen molar-refractivity contribution in [1.29, 1.82) is 0 Å². The highest BCUT2D eigenvalue weighted by Gasteiger charge is 2.35. The van der Waals surface area contributed by atoms with Crippen molar-refractivity contribution in [3.05, 3.63) is 54.1 Å². The largest absolute Gasteiger partial charge is 0.326 e. The van der Waals surface area contributed by atoms with Crippen molar-refractivity contribution in [3.8, 4) is 0 Å². The Morgan fingerprint density at radius 3 is 2.53 bits per heavy atom. The number of benzene rings is 2. The smallest absolute Gasteiger partial charge is 0.229 e. The van der Waals surface area contributed by atoms with E-state index in [0.717, 1.165) is 30.6 Å². The molecule has 2 saturated heterocycles. The zero-order chi connectivity index (χ0) is 21.1. The molecule has 1 unspecified atom stereocenters. The highest BCUT2D eigenvalue weighted by molar-refractivity contribution is 6.04. The third-order valence-electron chi connectivity index (χ3n) is 5.90. The molecule has 0 saturated carbocycles. The zero-order valence-electron chi connectivity index (χ0n) is 17.3. The van der Waals surface area contributed by atoms with Crippen LogP contribution in [0.1, 0.15) is 38.2 Å². The van der Waals surface area contributed by atoms with Gasteiger partial charge >= 0.3 is 0 Å². The van der Waals surface area contributed by atoms with E-state index in [-0.39, 0.29) is 24.1 Å². The predicted molar refractivity (Wildman–Crippen MR) is 118 cm³/mol. The Morgan fingerprint density at radius 2 is 1.80 bits per heavy atom. The minimum atomic E-state index is -0.399. The molecule has 1 N–H and O–H groups in total. The van der Waals surface area contributed by atoms with Crippen LogP contribution in [0.5, 0.6) is 0 Å². The van der Waals surface area contributed by atoms with Gasteiger partial charge in [0.15, 0.2) is 0 Å². The monoisotopic (exact) mass is 405 g/mol. The number of anilines is 3. The van der Waals surface area contributed by atoms with Crippen molar-refractivity contribution in [1.82, 2.24) is 0 Å². The molecule has 0 aliphatic carbocycles. The Balaban J connectivity index is 1.42. The van der Waals surface area contributed by atoms with Crippen LogP contribution in [0, 0.1) is 5.92 Å². The molecular formula is C24H27N3O3. The summed E-state index contributed by atoms with van der Waals surface area (Å²) in [4.78, 5) is 41.0. The molecule has 2 heterocycles. The van der Waals surface area contributed by atoms with Crippen molar-refractivity contribution in [2.45, 2.75) is 39.0 Å². The molecule has 4 rings (SSSR count). The molecule has 2 aromatic rings. The van der Waals surface area contributed by atoms with Crippen molar-refractivity contribution < 1.29 is 14.4 Å². The molecule has 0 aromatic heterocycles. The fourth-order valence-electron chi connectivity index (χ4n) is 4.12. The molecule has 156 valence electrons. The molecule has 6 heteroatoms. The van der Waals surface area contributed by atoms with E-state index < -0.39 is 5.92 Å². The second-order valence-electron chi connectivity index (χ2n) is 7.97. The Kier molecular flexibility index (Phi) is 5.84. The summed E-state index contributed by atoms with van der Waals surface area (Å²) in [6, 6.07) is 15.3. The van der Waals surface area contributed by atoms with Crippen LogP contribution in [0.3, 0.4) is 0 Å². The third-order valence-corrected chi connectivity index (χ3v) is 5.90. The standard InChI is InChI=1S/C24H27N3O3/c1-2-17-9-11-20(12-10-17)27-16-18(14-23(27)29)24(30)25-19-6-5-7-21(15-19)26-13-4-3-8-22(26)28/h5-7,9-12,15,18H,2-4,8,13-14,16H2,1H3,(H,25,30). The van der Waals surface area contributed by atoms with Gasteiger partial charge in [-0.3, -0.25) is 14.4 Å². The first-order valence-corrected chi connectivity index (χ1v) is 10.7. The first-order valence-electron chi connectivity index (χ1n) is 10.7. The zero-order valence-corrected chi connectivity index (χ0v) is 17.3. The summed E-state index contributed by atoms with van der Waals surface area (Å²) in [6.07, 6.45) is 3.63. The van der Waals surface area contributed by atoms with Crippen LogP contribution in [-0.2, 0) is 20.8 Å². The summed E-state index contributed by atoms with van der Waals surface area (Å²) in [5, 5.41) is 2.93. The van der Waals surface area contributed by atoms with Gasteiger partial charge in [-0.1, -0.05) is 25.1 Å². The molecule has 3 amide bonds. The lowest BCUT2D eigenvalue weighted by molar-refractivity contribution is -0.122. The number of nitrogens with one attached hydrogen (secondary N) is 1. The van der Waals surface area contributed by atoms with Gasteiger partial charge in [0.05, 0.1) is 5.92 Å². The van der Waals surface area contributed by atoms with Gasteiger partial charge in [0.1, 0.15) is 0 Å². The molecule has 0 radical (unpaired) electrons. The minimum Gasteiger partial charge on any atom is -0.326 e. The second-order valence-corrected chi connectivity index (χ2v) is 7.97. The molecule has 2 aromatic carbocycles. The quantitative estimate of drug-likeness (QED) is 0.824. The van der Waals surface area contributed by atoms with Gasteiger partial charge < -0.3 is 15.1 Å². The van der Waals surface area contributed by atoms with Gasteiger partial charge in [0.25, 0.3) is 0 Å². The Hall–Kier alpha value is -3.15. The topological polar surface area (TPSA) is 69.7 Å². The van der Waals surface area contributed by atoms with Crippen LogP contribution in [0.2, 0.25) is 0 Å². The fraction of sp³-hybridized carbons (Fsp3) is 0.375. The number of carbonyl (C=O) groups is 3. The van der Waals surface area contributed by atoms with E-state index in [1.165, 1.54) is 5.56 Å². The molecule has 2 aliphatic heterocycles. The number of amides is 3. The summed E-state index contributed by atoms with van der Waals surface area (Å²) in [5.74, 6) is -0.482. The average Bonchev–Trinajstić information content (AvgIpc) is 3.16. The van der Waals surface area contributed by atoms with Crippen LogP contribution in [0.25, 0.3) is 0 Å². The lowest BCUT2D eigenvalue weighted by Crippen LogP contribution is -2.35. The molecular weight excluding hydrogens is 378 g/mol. The number of nitrogens with zero attached hydrogens (tertiary/aromatic N) is 2. The van der Waals surface area contributed by atoms with Gasteiger partial charge in [-0.15, -0.1) is 0 Å². The van der Waals surface area contributed by atoms with E-state index in [9.17, 15) is 14.4 Å². The van der Waals surface area contributed by atoms with E-state index in [1.54, 1.807) is 9.80 Å². The molecule has 30 heavy (non-hydrogen) atoms. The van der Waals surface area contributed by atoms with E-state index in [1.807, 2.05) is 48.5 Å². The predicted octanol–water partition coefficient (Wildman–Crippen LogP) is 3.76. The molecule has 6 nitrogen and oxygen atoms in total. The number of rotatable bonds is 5. The third kappa shape index (κ3) is 4.22. The van der Waals surface area contributed by atoms with Gasteiger partial charge in [-0.25, -0.2) is 0 Å². The molecule has 0 spiro atoms. The lowest BCUT2D eigenvalue weighted by Gasteiger charge is -2.27. The maximum atomic E-state index is 12.8. The molecule has 1 atom stereocenters. The number of piperidine rings is 1. The second kappa shape index (κ2) is 8.69. The van der Waals surface area contributed by atoms with Crippen LogP contribution >= 0.6 is 0 Å². The normalized spacial score (nSPS) is 19.3. The number of hydrogen-bond donors (Lipinski definition) is 1. The van der Waals surface area contributed by atoms with Crippen molar-refractivity contribution >= 4 is 34.8 Å². The Morgan fingerprint density at radius 1 is 1.00 bits per heavy atom. The number of aryl methyl sites for hydroxylation is 1. The summed E-state index contributed by atoms with van der Waals surface area (Å²) in [6.45, 7) is 3.17. The first-order chi connectivity index (χ1) is 14.5. The molecule has 2 fully saturated rings. The van der Waals surface area contributed by atoms with Crippen LogP contribution < -0.4 is 15.1 Å². The molecule has 0 bridgehead atoms. The van der Waals surface area contributed by atoms with Crippen molar-refractivity contribution in [2.75, 3.05) is 28.2 Å². The van der Waals surface area contributed by atoms with Gasteiger partial charge in [0.2, 0.25) is 17.7 Å². The first kappa shape index (κ1) is 20.1. The SMILES string of the molecule is CCc1ccc(N2CC(C(=O)Nc3cccc(N4CCCCC4=O)c3)CC2=O)cc1. The van der Waals surface area contributed by atoms with E-state index in [0.29, 0.717) is 25.2 Å². The van der Waals surface area contributed by atoms with E-state index >= 15 is 0 Å². The maximum Gasteiger partial charge on any atom is 0.229 e. The highest BCUT2D eigenvalue weighted by Crippen LogP contribution is 2.28. The lowest BCUT2D eigenvalue weighted by atomic mass is 10.1. The van der Waals surface area contributed by atoms with Crippen molar-refractivity contribution in [3.63, 3.8) is 0 Å². The Labute approximate surface area is 176 Å². The molecule has 2 aliphatic rings.